The summed E-state index contributed by atoms with van der Waals surface area (Å²) in [5.74, 6) is 0.660. The van der Waals surface area contributed by atoms with Crippen LogP contribution in [0, 0.1) is 12.7 Å². The fraction of sp³-hybridized carbons (Fsp3) is 0.0769. The highest BCUT2D eigenvalue weighted by molar-refractivity contribution is 6.30. The van der Waals surface area contributed by atoms with Crippen molar-refractivity contribution < 1.29 is 9.13 Å². The molecule has 0 aliphatic carbocycles. The number of hydrogen-bond donors (Lipinski definition) is 1. The number of ether oxygens (including phenoxy) is 1. The van der Waals surface area contributed by atoms with Crippen LogP contribution in [0.3, 0.4) is 0 Å². The third kappa shape index (κ3) is 2.68. The summed E-state index contributed by atoms with van der Waals surface area (Å²) in [4.78, 5) is 0. The molecule has 0 aromatic heterocycles. The Hall–Kier alpha value is -1.74. The second kappa shape index (κ2) is 4.63. The SMILES string of the molecule is Cc1cc(Oc2ccc(F)c(Cl)c2)ccc1N. The molecule has 0 saturated carbocycles. The van der Waals surface area contributed by atoms with Crippen molar-refractivity contribution in [3.8, 4) is 11.5 Å². The molecule has 0 aliphatic heterocycles. The van der Waals surface area contributed by atoms with Gasteiger partial charge in [0.05, 0.1) is 5.02 Å². The van der Waals surface area contributed by atoms with Crippen molar-refractivity contribution in [1.29, 1.82) is 0 Å². The van der Waals surface area contributed by atoms with Gasteiger partial charge in [-0.25, -0.2) is 4.39 Å². The fourth-order valence-electron chi connectivity index (χ4n) is 1.39. The van der Waals surface area contributed by atoms with Crippen LogP contribution in [0.1, 0.15) is 5.56 Å². The smallest absolute Gasteiger partial charge is 0.142 e. The molecule has 2 rings (SSSR count). The lowest BCUT2D eigenvalue weighted by Crippen LogP contribution is -1.91. The summed E-state index contributed by atoms with van der Waals surface area (Å²) >= 11 is 5.66. The number of rotatable bonds is 2. The Morgan fingerprint density at radius 2 is 1.76 bits per heavy atom. The van der Waals surface area contributed by atoms with E-state index in [4.69, 9.17) is 22.1 Å². The summed E-state index contributed by atoms with van der Waals surface area (Å²) in [5.41, 5.74) is 7.33. The maximum atomic E-state index is 13.0. The van der Waals surface area contributed by atoms with Crippen LogP contribution in [0.25, 0.3) is 0 Å². The van der Waals surface area contributed by atoms with Gasteiger partial charge in [-0.1, -0.05) is 11.6 Å². The number of nitrogen functional groups attached to an aromatic ring is 1. The van der Waals surface area contributed by atoms with Gasteiger partial charge in [0, 0.05) is 11.8 Å². The normalized spacial score (nSPS) is 10.3. The van der Waals surface area contributed by atoms with Crippen molar-refractivity contribution in [1.82, 2.24) is 0 Å². The number of benzene rings is 2. The minimum absolute atomic E-state index is 0.0367. The number of halogens is 2. The Labute approximate surface area is 104 Å². The Balaban J connectivity index is 2.25. The molecule has 0 unspecified atom stereocenters. The lowest BCUT2D eigenvalue weighted by Gasteiger charge is -2.08. The number of anilines is 1. The fourth-order valence-corrected chi connectivity index (χ4v) is 1.56. The highest BCUT2D eigenvalue weighted by Crippen LogP contribution is 2.27. The number of aryl methyl sites for hydroxylation is 1. The van der Waals surface area contributed by atoms with Gasteiger partial charge in [0.1, 0.15) is 17.3 Å². The van der Waals surface area contributed by atoms with Gasteiger partial charge < -0.3 is 10.5 Å². The molecule has 0 amide bonds. The molecule has 0 fully saturated rings. The molecule has 0 saturated heterocycles. The average Bonchev–Trinajstić information content (AvgIpc) is 2.29. The first kappa shape index (κ1) is 11.7. The molecule has 0 aliphatic rings. The predicted molar refractivity (Wildman–Crippen MR) is 67.1 cm³/mol. The van der Waals surface area contributed by atoms with E-state index in [1.54, 1.807) is 12.1 Å². The third-order valence-corrected chi connectivity index (χ3v) is 2.66. The standard InChI is InChI=1S/C13H11ClFNO/c1-8-6-9(3-5-13(8)16)17-10-2-4-12(15)11(14)7-10/h2-7H,16H2,1H3. The van der Waals surface area contributed by atoms with Gasteiger partial charge >= 0.3 is 0 Å². The van der Waals surface area contributed by atoms with Crippen molar-refractivity contribution in [3.63, 3.8) is 0 Å². The largest absolute Gasteiger partial charge is 0.457 e. The van der Waals surface area contributed by atoms with Crippen LogP contribution in [0.5, 0.6) is 11.5 Å². The lowest BCUT2D eigenvalue weighted by atomic mass is 10.2. The van der Waals surface area contributed by atoms with E-state index in [0.717, 1.165) is 5.56 Å². The average molecular weight is 252 g/mol. The minimum atomic E-state index is -0.465. The zero-order valence-electron chi connectivity index (χ0n) is 9.21. The molecule has 2 nitrogen and oxygen atoms in total. The van der Waals surface area contributed by atoms with Gasteiger partial charge in [0.2, 0.25) is 0 Å². The number of nitrogens with two attached hydrogens (primary N) is 1. The van der Waals surface area contributed by atoms with Crippen LogP contribution in [-0.4, -0.2) is 0 Å². The summed E-state index contributed by atoms with van der Waals surface area (Å²) in [5, 5.41) is 0.0367. The molecule has 0 bridgehead atoms. The van der Waals surface area contributed by atoms with Crippen LogP contribution in [-0.2, 0) is 0 Å². The predicted octanol–water partition coefficient (Wildman–Crippen LogP) is 4.16. The van der Waals surface area contributed by atoms with Crippen LogP contribution >= 0.6 is 11.6 Å². The van der Waals surface area contributed by atoms with Crippen molar-refractivity contribution in [2.24, 2.45) is 0 Å². The molecular weight excluding hydrogens is 241 g/mol. The first-order chi connectivity index (χ1) is 8.06. The van der Waals surface area contributed by atoms with Gasteiger partial charge in [-0.05, 0) is 42.8 Å². The van der Waals surface area contributed by atoms with E-state index in [-0.39, 0.29) is 5.02 Å². The van der Waals surface area contributed by atoms with Gasteiger partial charge in [-0.2, -0.15) is 0 Å². The van der Waals surface area contributed by atoms with Crippen LogP contribution in [0.2, 0.25) is 5.02 Å². The van der Waals surface area contributed by atoms with Crippen LogP contribution in [0.15, 0.2) is 36.4 Å². The van der Waals surface area contributed by atoms with Crippen molar-refractivity contribution in [2.75, 3.05) is 5.73 Å². The Morgan fingerprint density at radius 3 is 2.41 bits per heavy atom. The van der Waals surface area contributed by atoms with Gasteiger partial charge in [-0.15, -0.1) is 0 Å². The molecule has 0 heterocycles. The molecule has 4 heteroatoms. The monoisotopic (exact) mass is 251 g/mol. The first-order valence-electron chi connectivity index (χ1n) is 5.05. The van der Waals surface area contributed by atoms with Gasteiger partial charge in [0.15, 0.2) is 0 Å². The summed E-state index contributed by atoms with van der Waals surface area (Å²) in [6.45, 7) is 1.89. The van der Waals surface area contributed by atoms with E-state index in [1.165, 1.54) is 18.2 Å². The topological polar surface area (TPSA) is 35.2 Å². The first-order valence-corrected chi connectivity index (χ1v) is 5.43. The van der Waals surface area contributed by atoms with Crippen molar-refractivity contribution >= 4 is 17.3 Å². The Kier molecular flexibility index (Phi) is 3.20. The van der Waals surface area contributed by atoms with E-state index in [2.05, 4.69) is 0 Å². The summed E-state index contributed by atoms with van der Waals surface area (Å²) in [6.07, 6.45) is 0. The van der Waals surface area contributed by atoms with Crippen LogP contribution < -0.4 is 10.5 Å². The molecule has 0 spiro atoms. The van der Waals surface area contributed by atoms with Crippen LogP contribution in [0.4, 0.5) is 10.1 Å². The summed E-state index contributed by atoms with van der Waals surface area (Å²) in [7, 11) is 0. The quantitative estimate of drug-likeness (QED) is 0.814. The highest BCUT2D eigenvalue weighted by Gasteiger charge is 2.03. The Bertz CT molecular complexity index is 508. The molecule has 17 heavy (non-hydrogen) atoms. The van der Waals surface area contributed by atoms with Gasteiger partial charge in [-0.3, -0.25) is 0 Å². The Morgan fingerprint density at radius 1 is 1.12 bits per heavy atom. The molecule has 0 radical (unpaired) electrons. The molecule has 2 aromatic rings. The molecule has 2 N–H and O–H groups in total. The van der Waals surface area contributed by atoms with Gasteiger partial charge in [0.25, 0.3) is 0 Å². The van der Waals surface area contributed by atoms with E-state index in [1.807, 2.05) is 13.0 Å². The molecule has 2 aromatic carbocycles. The lowest BCUT2D eigenvalue weighted by molar-refractivity contribution is 0.480. The highest BCUT2D eigenvalue weighted by atomic mass is 35.5. The van der Waals surface area contributed by atoms with Crippen molar-refractivity contribution in [2.45, 2.75) is 6.92 Å². The van der Waals surface area contributed by atoms with E-state index in [9.17, 15) is 4.39 Å². The maximum absolute atomic E-state index is 13.0. The molecule has 88 valence electrons. The minimum Gasteiger partial charge on any atom is -0.457 e. The van der Waals surface area contributed by atoms with Crippen molar-refractivity contribution in [3.05, 3.63) is 52.8 Å². The van der Waals surface area contributed by atoms with E-state index >= 15 is 0 Å². The maximum Gasteiger partial charge on any atom is 0.142 e. The summed E-state index contributed by atoms with van der Waals surface area (Å²) < 4.78 is 18.5. The molecule has 0 atom stereocenters. The summed E-state index contributed by atoms with van der Waals surface area (Å²) in [6, 6.07) is 9.54. The molecular formula is C13H11ClFNO. The zero-order chi connectivity index (χ0) is 12.4. The second-order valence-electron chi connectivity index (χ2n) is 3.70. The zero-order valence-corrected chi connectivity index (χ0v) is 9.96. The second-order valence-corrected chi connectivity index (χ2v) is 4.10. The van der Waals surface area contributed by atoms with E-state index < -0.39 is 5.82 Å². The third-order valence-electron chi connectivity index (χ3n) is 2.37. The number of hydrogen-bond acceptors (Lipinski definition) is 2. The van der Waals surface area contributed by atoms with E-state index in [0.29, 0.717) is 17.2 Å².